The monoisotopic (exact) mass is 338 g/mol. The molecule has 1 aliphatic heterocycles. The molecule has 1 saturated heterocycles. The standard InChI is InChI=1S/C17H26N2O3S/c1-4-19(10-15-9-13(2)5-6-14(15)3)11-17(20)18-16-7-8-23(21,22)12-16/h5-6,9,16H,4,7-8,10-12H2,1-3H3,(H,18,20). The largest absolute Gasteiger partial charge is 0.351 e. The van der Waals surface area contributed by atoms with Crippen molar-refractivity contribution in [3.05, 3.63) is 34.9 Å². The third-order valence-corrected chi connectivity index (χ3v) is 6.08. The van der Waals surface area contributed by atoms with Gasteiger partial charge in [-0.05, 0) is 37.9 Å². The molecule has 2 rings (SSSR count). The highest BCUT2D eigenvalue weighted by Crippen LogP contribution is 2.14. The van der Waals surface area contributed by atoms with Crippen LogP contribution in [0.3, 0.4) is 0 Å². The fourth-order valence-electron chi connectivity index (χ4n) is 2.88. The molecule has 6 heteroatoms. The van der Waals surface area contributed by atoms with E-state index < -0.39 is 9.84 Å². The van der Waals surface area contributed by atoms with Crippen molar-refractivity contribution in [3.8, 4) is 0 Å². The number of carbonyl (C=O) groups is 1. The summed E-state index contributed by atoms with van der Waals surface area (Å²) in [7, 11) is -2.96. The van der Waals surface area contributed by atoms with E-state index in [2.05, 4.69) is 42.3 Å². The number of amides is 1. The molecule has 1 atom stereocenters. The minimum absolute atomic E-state index is 0.0713. The Morgan fingerprint density at radius 2 is 2.09 bits per heavy atom. The van der Waals surface area contributed by atoms with Crippen LogP contribution in [0.1, 0.15) is 30.0 Å². The molecule has 0 radical (unpaired) electrons. The number of carbonyl (C=O) groups excluding carboxylic acids is 1. The van der Waals surface area contributed by atoms with Crippen molar-refractivity contribution in [1.82, 2.24) is 10.2 Å². The zero-order valence-corrected chi connectivity index (χ0v) is 14.9. The van der Waals surface area contributed by atoms with Crippen LogP contribution in [0.5, 0.6) is 0 Å². The van der Waals surface area contributed by atoms with Gasteiger partial charge in [0.05, 0.1) is 18.1 Å². The molecule has 1 fully saturated rings. The van der Waals surface area contributed by atoms with Gasteiger partial charge < -0.3 is 5.32 Å². The number of aryl methyl sites for hydroxylation is 2. The summed E-state index contributed by atoms with van der Waals surface area (Å²) in [6.45, 7) is 7.95. The Morgan fingerprint density at radius 3 is 2.70 bits per heavy atom. The second-order valence-corrected chi connectivity index (χ2v) is 8.63. The summed E-state index contributed by atoms with van der Waals surface area (Å²) in [5.41, 5.74) is 3.65. The topological polar surface area (TPSA) is 66.5 Å². The Hall–Kier alpha value is -1.40. The van der Waals surface area contributed by atoms with Crippen LogP contribution >= 0.6 is 0 Å². The lowest BCUT2D eigenvalue weighted by molar-refractivity contribution is -0.122. The SMILES string of the molecule is CCN(CC(=O)NC1CCS(=O)(=O)C1)Cc1cc(C)ccc1C. The van der Waals surface area contributed by atoms with Crippen molar-refractivity contribution in [2.45, 2.75) is 39.8 Å². The van der Waals surface area contributed by atoms with E-state index in [0.29, 0.717) is 13.0 Å². The summed E-state index contributed by atoms with van der Waals surface area (Å²) in [4.78, 5) is 14.2. The van der Waals surface area contributed by atoms with Gasteiger partial charge in [-0.15, -0.1) is 0 Å². The average molecular weight is 338 g/mol. The number of hydrogen-bond acceptors (Lipinski definition) is 4. The normalized spacial score (nSPS) is 19.9. The fourth-order valence-corrected chi connectivity index (χ4v) is 4.55. The van der Waals surface area contributed by atoms with Crippen LogP contribution in [-0.4, -0.2) is 49.9 Å². The number of nitrogens with zero attached hydrogens (tertiary/aromatic N) is 1. The maximum Gasteiger partial charge on any atom is 0.234 e. The number of likely N-dealkylation sites (N-methyl/N-ethyl adjacent to an activating group) is 1. The summed E-state index contributed by atoms with van der Waals surface area (Å²) in [6.07, 6.45) is 0.525. The number of benzene rings is 1. The minimum atomic E-state index is -2.96. The molecule has 128 valence electrons. The smallest absolute Gasteiger partial charge is 0.234 e. The Morgan fingerprint density at radius 1 is 1.35 bits per heavy atom. The van der Waals surface area contributed by atoms with Gasteiger partial charge in [-0.25, -0.2) is 8.42 Å². The molecule has 1 N–H and O–H groups in total. The zero-order valence-electron chi connectivity index (χ0n) is 14.1. The van der Waals surface area contributed by atoms with Gasteiger partial charge in [-0.2, -0.15) is 0 Å². The lowest BCUT2D eigenvalue weighted by atomic mass is 10.1. The highest BCUT2D eigenvalue weighted by Gasteiger charge is 2.29. The van der Waals surface area contributed by atoms with Crippen molar-refractivity contribution in [1.29, 1.82) is 0 Å². The van der Waals surface area contributed by atoms with Gasteiger partial charge in [0.15, 0.2) is 9.84 Å². The van der Waals surface area contributed by atoms with Crippen LogP contribution < -0.4 is 5.32 Å². The third kappa shape index (κ3) is 5.32. The van der Waals surface area contributed by atoms with E-state index in [1.807, 2.05) is 6.92 Å². The predicted molar refractivity (Wildman–Crippen MR) is 92.1 cm³/mol. The summed E-state index contributed by atoms with van der Waals surface area (Å²) in [5.74, 6) is 0.152. The lowest BCUT2D eigenvalue weighted by Gasteiger charge is -2.22. The maximum absolute atomic E-state index is 12.2. The first-order valence-corrected chi connectivity index (χ1v) is 9.89. The average Bonchev–Trinajstić information content (AvgIpc) is 2.80. The van der Waals surface area contributed by atoms with Crippen LogP contribution in [0.25, 0.3) is 0 Å². The molecule has 1 aliphatic rings. The molecule has 1 unspecified atom stereocenters. The van der Waals surface area contributed by atoms with Crippen molar-refractivity contribution >= 4 is 15.7 Å². The first kappa shape index (κ1) is 17.9. The number of nitrogens with one attached hydrogen (secondary N) is 1. The number of rotatable bonds is 6. The Balaban J connectivity index is 1.91. The Bertz CT molecular complexity index is 670. The van der Waals surface area contributed by atoms with Crippen LogP contribution in [0.2, 0.25) is 0 Å². The summed E-state index contributed by atoms with van der Waals surface area (Å²) >= 11 is 0. The molecule has 1 aromatic rings. The molecular weight excluding hydrogens is 312 g/mol. The molecule has 0 saturated carbocycles. The van der Waals surface area contributed by atoms with Crippen LogP contribution in [0, 0.1) is 13.8 Å². The van der Waals surface area contributed by atoms with E-state index in [0.717, 1.165) is 13.1 Å². The van der Waals surface area contributed by atoms with Crippen LogP contribution in [0.15, 0.2) is 18.2 Å². The van der Waals surface area contributed by atoms with E-state index in [-0.39, 0.29) is 23.5 Å². The predicted octanol–water partition coefficient (Wildman–Crippen LogP) is 1.43. The van der Waals surface area contributed by atoms with Crippen molar-refractivity contribution in [2.24, 2.45) is 0 Å². The quantitative estimate of drug-likeness (QED) is 0.852. The lowest BCUT2D eigenvalue weighted by Crippen LogP contribution is -2.42. The zero-order chi connectivity index (χ0) is 17.0. The summed E-state index contributed by atoms with van der Waals surface area (Å²) < 4.78 is 22.9. The third-order valence-electron chi connectivity index (χ3n) is 4.31. The minimum Gasteiger partial charge on any atom is -0.351 e. The van der Waals surface area contributed by atoms with Crippen molar-refractivity contribution < 1.29 is 13.2 Å². The molecule has 0 bridgehead atoms. The highest BCUT2D eigenvalue weighted by atomic mass is 32.2. The van der Waals surface area contributed by atoms with E-state index >= 15 is 0 Å². The van der Waals surface area contributed by atoms with Crippen molar-refractivity contribution in [2.75, 3.05) is 24.6 Å². The Labute approximate surface area is 139 Å². The molecular formula is C17H26N2O3S. The molecule has 1 amide bonds. The molecule has 5 nitrogen and oxygen atoms in total. The molecule has 1 heterocycles. The fraction of sp³-hybridized carbons (Fsp3) is 0.588. The first-order valence-electron chi connectivity index (χ1n) is 8.07. The van der Waals surface area contributed by atoms with Crippen LogP contribution in [0.4, 0.5) is 0 Å². The van der Waals surface area contributed by atoms with Gasteiger partial charge >= 0.3 is 0 Å². The highest BCUT2D eigenvalue weighted by molar-refractivity contribution is 7.91. The second kappa shape index (κ2) is 7.45. The molecule has 0 spiro atoms. The van der Waals surface area contributed by atoms with Gasteiger partial charge in [0.2, 0.25) is 5.91 Å². The van der Waals surface area contributed by atoms with Crippen LogP contribution in [-0.2, 0) is 21.2 Å². The van der Waals surface area contributed by atoms with Gasteiger partial charge in [-0.3, -0.25) is 9.69 Å². The van der Waals surface area contributed by atoms with E-state index in [9.17, 15) is 13.2 Å². The maximum atomic E-state index is 12.2. The van der Waals surface area contributed by atoms with Gasteiger partial charge in [0.25, 0.3) is 0 Å². The molecule has 0 aromatic heterocycles. The van der Waals surface area contributed by atoms with E-state index in [4.69, 9.17) is 0 Å². The van der Waals surface area contributed by atoms with Gasteiger partial charge in [0.1, 0.15) is 0 Å². The molecule has 0 aliphatic carbocycles. The second-order valence-electron chi connectivity index (χ2n) is 6.40. The Kier molecular flexibility index (Phi) is 5.81. The molecule has 23 heavy (non-hydrogen) atoms. The number of hydrogen-bond donors (Lipinski definition) is 1. The summed E-state index contributed by atoms with van der Waals surface area (Å²) in [6, 6.07) is 6.11. The van der Waals surface area contributed by atoms with E-state index in [1.54, 1.807) is 0 Å². The van der Waals surface area contributed by atoms with E-state index in [1.165, 1.54) is 16.7 Å². The van der Waals surface area contributed by atoms with Crippen molar-refractivity contribution in [3.63, 3.8) is 0 Å². The van der Waals surface area contributed by atoms with Gasteiger partial charge in [0, 0.05) is 12.6 Å². The van der Waals surface area contributed by atoms with Gasteiger partial charge in [-0.1, -0.05) is 30.7 Å². The molecule has 1 aromatic carbocycles. The summed E-state index contributed by atoms with van der Waals surface area (Å²) in [5, 5.41) is 2.85. The first-order chi connectivity index (χ1) is 10.8. The number of sulfone groups is 1.